The molecule has 148 valence electrons. The first-order valence-corrected chi connectivity index (χ1v) is 9.92. The lowest BCUT2D eigenvalue weighted by Gasteiger charge is -2.21. The number of aryl methyl sites for hydroxylation is 3. The largest absolute Gasteiger partial charge is 0.357 e. The van der Waals surface area contributed by atoms with Gasteiger partial charge in [-0.1, -0.05) is 6.42 Å². The van der Waals surface area contributed by atoms with Gasteiger partial charge in [0.2, 0.25) is 0 Å². The van der Waals surface area contributed by atoms with Crippen LogP contribution in [0.25, 0.3) is 0 Å². The molecule has 1 aliphatic heterocycles. The third-order valence-electron chi connectivity index (χ3n) is 4.89. The second kappa shape index (κ2) is 9.48. The highest BCUT2D eigenvalue weighted by Gasteiger charge is 2.14. The maximum absolute atomic E-state index is 4.77. The highest BCUT2D eigenvalue weighted by atomic mass is 15.4. The molecule has 2 aromatic heterocycles. The minimum atomic E-state index is 0.667. The van der Waals surface area contributed by atoms with Gasteiger partial charge in [-0.3, -0.25) is 9.67 Å². The van der Waals surface area contributed by atoms with E-state index in [0.29, 0.717) is 6.54 Å². The van der Waals surface area contributed by atoms with Crippen molar-refractivity contribution in [2.45, 2.75) is 58.5 Å². The third-order valence-corrected chi connectivity index (χ3v) is 4.89. The van der Waals surface area contributed by atoms with Gasteiger partial charge in [0, 0.05) is 46.6 Å². The molecule has 0 radical (unpaired) electrons. The van der Waals surface area contributed by atoms with Crippen LogP contribution in [-0.4, -0.2) is 60.5 Å². The molecule has 0 aliphatic carbocycles. The molecule has 3 rings (SSSR count). The van der Waals surface area contributed by atoms with Crippen LogP contribution >= 0.6 is 0 Å². The highest BCUT2D eigenvalue weighted by Crippen LogP contribution is 2.15. The lowest BCUT2D eigenvalue weighted by Crippen LogP contribution is -2.39. The quantitative estimate of drug-likeness (QED) is 0.445. The van der Waals surface area contributed by atoms with Crippen LogP contribution in [0, 0.1) is 0 Å². The molecule has 0 spiro atoms. The second-order valence-corrected chi connectivity index (χ2v) is 6.99. The monoisotopic (exact) mass is 373 g/mol. The summed E-state index contributed by atoms with van der Waals surface area (Å²) in [7, 11) is 3.93. The first-order valence-electron chi connectivity index (χ1n) is 9.92. The number of hydrogen-bond donors (Lipinski definition) is 1. The van der Waals surface area contributed by atoms with Crippen molar-refractivity contribution in [1.82, 2.24) is 39.7 Å². The summed E-state index contributed by atoms with van der Waals surface area (Å²) in [6.45, 7) is 5.40. The molecule has 0 saturated carbocycles. The molecule has 0 amide bonds. The van der Waals surface area contributed by atoms with E-state index >= 15 is 0 Å². The lowest BCUT2D eigenvalue weighted by molar-refractivity contribution is 0.448. The first-order chi connectivity index (χ1) is 13.2. The molecule has 3 heterocycles. The van der Waals surface area contributed by atoms with Gasteiger partial charge in [0.05, 0.1) is 6.54 Å². The smallest absolute Gasteiger partial charge is 0.194 e. The molecule has 0 saturated heterocycles. The molecule has 0 fully saturated rings. The number of nitrogens with zero attached hydrogens (tertiary/aromatic N) is 8. The number of aromatic nitrogens is 6. The summed E-state index contributed by atoms with van der Waals surface area (Å²) >= 11 is 0. The Morgan fingerprint density at radius 1 is 1.26 bits per heavy atom. The van der Waals surface area contributed by atoms with Crippen LogP contribution in [0.15, 0.2) is 11.3 Å². The predicted octanol–water partition coefficient (Wildman–Crippen LogP) is 1.16. The summed E-state index contributed by atoms with van der Waals surface area (Å²) in [5.74, 6) is 4.07. The fourth-order valence-corrected chi connectivity index (χ4v) is 3.37. The molecule has 9 heteroatoms. The van der Waals surface area contributed by atoms with Gasteiger partial charge in [-0.05, 0) is 26.2 Å². The summed E-state index contributed by atoms with van der Waals surface area (Å²) in [5, 5.41) is 16.3. The van der Waals surface area contributed by atoms with Gasteiger partial charge >= 0.3 is 0 Å². The zero-order chi connectivity index (χ0) is 19.1. The van der Waals surface area contributed by atoms with Crippen molar-refractivity contribution in [2.75, 3.05) is 20.1 Å². The standard InChI is InChI=1S/C18H31N9/c1-4-19-18(25(2)13-17-21-14-22-26(17)3)20-11-8-10-16-24-23-15-9-6-5-7-12-27(15)16/h14H,4-13H2,1-3H3,(H,19,20). The molecule has 9 nitrogen and oxygen atoms in total. The molecule has 0 aromatic carbocycles. The maximum atomic E-state index is 4.77. The maximum Gasteiger partial charge on any atom is 0.194 e. The Labute approximate surface area is 160 Å². The Morgan fingerprint density at radius 3 is 2.93 bits per heavy atom. The average Bonchev–Trinajstić information content (AvgIpc) is 3.15. The van der Waals surface area contributed by atoms with Crippen molar-refractivity contribution in [1.29, 1.82) is 0 Å². The SMILES string of the molecule is CCNC(=NCCCc1nnc2n1CCCCC2)N(C)Cc1ncnn1C. The zero-order valence-corrected chi connectivity index (χ0v) is 16.7. The van der Waals surface area contributed by atoms with Crippen molar-refractivity contribution in [2.24, 2.45) is 12.0 Å². The summed E-state index contributed by atoms with van der Waals surface area (Å²) < 4.78 is 4.11. The number of fused-ring (bicyclic) bond motifs is 1. The van der Waals surface area contributed by atoms with Crippen molar-refractivity contribution in [3.8, 4) is 0 Å². The van der Waals surface area contributed by atoms with E-state index in [9.17, 15) is 0 Å². The van der Waals surface area contributed by atoms with Crippen LogP contribution in [0.3, 0.4) is 0 Å². The van der Waals surface area contributed by atoms with E-state index in [1.165, 1.54) is 19.3 Å². The van der Waals surface area contributed by atoms with Gasteiger partial charge in [0.15, 0.2) is 5.96 Å². The van der Waals surface area contributed by atoms with Crippen LogP contribution in [0.2, 0.25) is 0 Å². The van der Waals surface area contributed by atoms with E-state index in [4.69, 9.17) is 4.99 Å². The molecule has 27 heavy (non-hydrogen) atoms. The minimum absolute atomic E-state index is 0.667. The van der Waals surface area contributed by atoms with E-state index < -0.39 is 0 Å². The Kier molecular flexibility index (Phi) is 6.78. The first kappa shape index (κ1) is 19.3. The van der Waals surface area contributed by atoms with Crippen LogP contribution in [0.1, 0.15) is 50.1 Å². The molecule has 2 aromatic rings. The molecule has 0 atom stereocenters. The van der Waals surface area contributed by atoms with E-state index in [-0.39, 0.29) is 0 Å². The van der Waals surface area contributed by atoms with Crippen LogP contribution in [0.5, 0.6) is 0 Å². The summed E-state index contributed by atoms with van der Waals surface area (Å²) in [6.07, 6.45) is 8.27. The predicted molar refractivity (Wildman–Crippen MR) is 104 cm³/mol. The van der Waals surface area contributed by atoms with Gasteiger partial charge in [0.1, 0.15) is 23.8 Å². The van der Waals surface area contributed by atoms with E-state index in [0.717, 1.165) is 62.3 Å². The molecule has 1 N–H and O–H groups in total. The Hall–Kier alpha value is -2.45. The Balaban J connectivity index is 1.54. The molecular weight excluding hydrogens is 342 g/mol. The lowest BCUT2D eigenvalue weighted by atomic mass is 10.2. The van der Waals surface area contributed by atoms with Gasteiger partial charge in [-0.15, -0.1) is 10.2 Å². The highest BCUT2D eigenvalue weighted by molar-refractivity contribution is 5.79. The fourth-order valence-electron chi connectivity index (χ4n) is 3.37. The number of guanidine groups is 1. The van der Waals surface area contributed by atoms with Gasteiger partial charge in [-0.2, -0.15) is 5.10 Å². The van der Waals surface area contributed by atoms with Crippen molar-refractivity contribution in [3.63, 3.8) is 0 Å². The summed E-state index contributed by atoms with van der Waals surface area (Å²) in [6, 6.07) is 0. The van der Waals surface area contributed by atoms with Crippen molar-refractivity contribution in [3.05, 3.63) is 23.8 Å². The van der Waals surface area contributed by atoms with Gasteiger partial charge in [-0.25, -0.2) is 4.98 Å². The van der Waals surface area contributed by atoms with Gasteiger partial charge < -0.3 is 14.8 Å². The van der Waals surface area contributed by atoms with Gasteiger partial charge in [0.25, 0.3) is 0 Å². The normalized spacial score (nSPS) is 14.7. The van der Waals surface area contributed by atoms with E-state index in [1.54, 1.807) is 11.0 Å². The van der Waals surface area contributed by atoms with Crippen LogP contribution in [-0.2, 0) is 33.0 Å². The number of rotatable bonds is 7. The topological polar surface area (TPSA) is 89.1 Å². The average molecular weight is 374 g/mol. The number of hydrogen-bond acceptors (Lipinski definition) is 5. The van der Waals surface area contributed by atoms with E-state index in [1.807, 2.05) is 14.1 Å². The molecule has 0 bridgehead atoms. The minimum Gasteiger partial charge on any atom is -0.357 e. The Morgan fingerprint density at radius 2 is 2.15 bits per heavy atom. The van der Waals surface area contributed by atoms with E-state index in [2.05, 4.69) is 42.0 Å². The summed E-state index contributed by atoms with van der Waals surface area (Å²) in [5.41, 5.74) is 0. The second-order valence-electron chi connectivity index (χ2n) is 6.99. The van der Waals surface area contributed by atoms with Crippen LogP contribution < -0.4 is 5.32 Å². The Bertz CT molecular complexity index is 746. The van der Waals surface area contributed by atoms with Crippen molar-refractivity contribution >= 4 is 5.96 Å². The number of aliphatic imine (C=N–C) groups is 1. The molecule has 0 unspecified atom stereocenters. The summed E-state index contributed by atoms with van der Waals surface area (Å²) in [4.78, 5) is 11.1. The zero-order valence-electron chi connectivity index (χ0n) is 16.7. The molecule has 1 aliphatic rings. The molecular formula is C18H31N9. The number of nitrogens with one attached hydrogen (secondary N) is 1. The fraction of sp³-hybridized carbons (Fsp3) is 0.722. The van der Waals surface area contributed by atoms with Crippen LogP contribution in [0.4, 0.5) is 0 Å². The van der Waals surface area contributed by atoms with Crippen molar-refractivity contribution < 1.29 is 0 Å². The third kappa shape index (κ3) is 5.05.